The average Bonchev–Trinajstić information content (AvgIpc) is 2.85. The average molecular weight is 236 g/mol. The number of aromatic nitrogens is 2. The van der Waals surface area contributed by atoms with Gasteiger partial charge in [-0.05, 0) is 32.8 Å². The smallest absolute Gasteiger partial charge is 0.309 e. The van der Waals surface area contributed by atoms with Gasteiger partial charge in [0.2, 0.25) is 0 Å². The Hall–Kier alpha value is -1.32. The molecule has 17 heavy (non-hydrogen) atoms. The van der Waals surface area contributed by atoms with E-state index in [-0.39, 0.29) is 0 Å². The van der Waals surface area contributed by atoms with Crippen LogP contribution < -0.4 is 0 Å². The van der Waals surface area contributed by atoms with Crippen LogP contribution in [0.5, 0.6) is 0 Å². The maximum Gasteiger partial charge on any atom is 0.309 e. The van der Waals surface area contributed by atoms with Crippen LogP contribution in [0.25, 0.3) is 0 Å². The van der Waals surface area contributed by atoms with Crippen molar-refractivity contribution in [1.29, 1.82) is 0 Å². The van der Waals surface area contributed by atoms with Crippen LogP contribution >= 0.6 is 0 Å². The zero-order valence-corrected chi connectivity index (χ0v) is 10.5. The van der Waals surface area contributed by atoms with Crippen LogP contribution in [0.15, 0.2) is 12.3 Å². The van der Waals surface area contributed by atoms with Crippen LogP contribution in [0.3, 0.4) is 0 Å². The summed E-state index contributed by atoms with van der Waals surface area (Å²) in [5.74, 6) is -0.770. The summed E-state index contributed by atoms with van der Waals surface area (Å²) in [6.45, 7) is 3.48. The number of carbonyl (C=O) groups is 1. The summed E-state index contributed by atoms with van der Waals surface area (Å²) < 4.78 is 2.01. The second-order valence-electron chi connectivity index (χ2n) is 5.59. The molecule has 1 aromatic heterocycles. The molecule has 1 fully saturated rings. The normalized spacial score (nSPS) is 17.5. The van der Waals surface area contributed by atoms with Crippen molar-refractivity contribution in [3.63, 3.8) is 0 Å². The lowest BCUT2D eigenvalue weighted by Crippen LogP contribution is -2.26. The Morgan fingerprint density at radius 3 is 2.76 bits per heavy atom. The van der Waals surface area contributed by atoms with E-state index < -0.39 is 11.4 Å². The van der Waals surface area contributed by atoms with Crippen LogP contribution in [-0.4, -0.2) is 20.9 Å². The number of hydrogen-bond donors (Lipinski definition) is 1. The lowest BCUT2D eigenvalue weighted by atomic mass is 9.88. The van der Waals surface area contributed by atoms with Crippen LogP contribution in [0.1, 0.15) is 51.3 Å². The van der Waals surface area contributed by atoms with Gasteiger partial charge >= 0.3 is 5.97 Å². The highest BCUT2D eigenvalue weighted by Gasteiger charge is 2.28. The number of aliphatic carboxylic acids is 1. The molecule has 94 valence electrons. The fourth-order valence-electron chi connectivity index (χ4n) is 2.37. The molecule has 1 saturated carbocycles. The third kappa shape index (κ3) is 2.68. The van der Waals surface area contributed by atoms with Crippen molar-refractivity contribution in [2.24, 2.45) is 5.41 Å². The molecule has 1 N–H and O–H groups in total. The van der Waals surface area contributed by atoms with E-state index in [1.54, 1.807) is 13.8 Å². The van der Waals surface area contributed by atoms with Gasteiger partial charge < -0.3 is 5.11 Å². The standard InChI is InChI=1S/C13H20N2O2/c1-13(2,12(16)17)9-10-7-8-15(14-10)11-5-3-4-6-11/h7-8,11H,3-6,9H2,1-2H3,(H,16,17). The second kappa shape index (κ2) is 4.51. The number of nitrogens with zero attached hydrogens (tertiary/aromatic N) is 2. The van der Waals surface area contributed by atoms with Crippen LogP contribution in [0, 0.1) is 5.41 Å². The third-order valence-electron chi connectivity index (χ3n) is 3.56. The summed E-state index contributed by atoms with van der Waals surface area (Å²) in [6.07, 6.45) is 7.43. The van der Waals surface area contributed by atoms with E-state index in [0.29, 0.717) is 12.5 Å². The summed E-state index contributed by atoms with van der Waals surface area (Å²) in [5.41, 5.74) is 0.138. The van der Waals surface area contributed by atoms with E-state index in [4.69, 9.17) is 5.11 Å². The van der Waals surface area contributed by atoms with Crippen molar-refractivity contribution >= 4 is 5.97 Å². The van der Waals surface area contributed by atoms with E-state index in [0.717, 1.165) is 5.69 Å². The topological polar surface area (TPSA) is 55.1 Å². The molecule has 0 unspecified atom stereocenters. The maximum absolute atomic E-state index is 11.1. The van der Waals surface area contributed by atoms with Gasteiger partial charge in [0.25, 0.3) is 0 Å². The Morgan fingerprint density at radius 2 is 2.18 bits per heavy atom. The van der Waals surface area contributed by atoms with E-state index in [1.807, 2.05) is 16.9 Å². The molecule has 4 nitrogen and oxygen atoms in total. The van der Waals surface area contributed by atoms with Gasteiger partial charge in [-0.2, -0.15) is 5.10 Å². The largest absolute Gasteiger partial charge is 0.481 e. The number of hydrogen-bond acceptors (Lipinski definition) is 2. The quantitative estimate of drug-likeness (QED) is 0.874. The third-order valence-corrected chi connectivity index (χ3v) is 3.56. The molecule has 1 aromatic rings. The second-order valence-corrected chi connectivity index (χ2v) is 5.59. The Morgan fingerprint density at radius 1 is 1.53 bits per heavy atom. The van der Waals surface area contributed by atoms with Gasteiger partial charge in [-0.25, -0.2) is 0 Å². The molecule has 0 radical (unpaired) electrons. The Balaban J connectivity index is 2.05. The number of carboxylic acid groups (broad SMARTS) is 1. The first-order valence-corrected chi connectivity index (χ1v) is 6.26. The van der Waals surface area contributed by atoms with Crippen molar-refractivity contribution in [2.75, 3.05) is 0 Å². The molecular formula is C13H20N2O2. The lowest BCUT2D eigenvalue weighted by molar-refractivity contribution is -0.146. The number of carboxylic acids is 1. The van der Waals surface area contributed by atoms with E-state index in [1.165, 1.54) is 25.7 Å². The molecule has 1 heterocycles. The Kier molecular flexibility index (Phi) is 3.22. The summed E-state index contributed by atoms with van der Waals surface area (Å²) in [6, 6.07) is 2.47. The fraction of sp³-hybridized carbons (Fsp3) is 0.692. The van der Waals surface area contributed by atoms with Crippen molar-refractivity contribution in [1.82, 2.24) is 9.78 Å². The Bertz CT molecular complexity index is 403. The van der Waals surface area contributed by atoms with Crippen LogP contribution in [0.4, 0.5) is 0 Å². The zero-order chi connectivity index (χ0) is 12.5. The van der Waals surface area contributed by atoms with Gasteiger partial charge in [-0.15, -0.1) is 0 Å². The van der Waals surface area contributed by atoms with Crippen molar-refractivity contribution in [2.45, 2.75) is 52.0 Å². The highest BCUT2D eigenvalue weighted by molar-refractivity contribution is 5.73. The summed E-state index contributed by atoms with van der Waals surface area (Å²) in [4.78, 5) is 11.1. The molecule has 0 aromatic carbocycles. The van der Waals surface area contributed by atoms with Gasteiger partial charge in [0.1, 0.15) is 0 Å². The summed E-state index contributed by atoms with van der Waals surface area (Å²) >= 11 is 0. The fourth-order valence-corrected chi connectivity index (χ4v) is 2.37. The molecule has 1 aliphatic rings. The van der Waals surface area contributed by atoms with E-state index in [9.17, 15) is 4.79 Å². The minimum atomic E-state index is -0.770. The molecule has 0 amide bonds. The monoisotopic (exact) mass is 236 g/mol. The minimum Gasteiger partial charge on any atom is -0.481 e. The first kappa shape index (κ1) is 12.1. The van der Waals surface area contributed by atoms with Gasteiger partial charge in [0, 0.05) is 12.6 Å². The van der Waals surface area contributed by atoms with Crippen LogP contribution in [-0.2, 0) is 11.2 Å². The molecule has 0 bridgehead atoms. The van der Waals surface area contributed by atoms with Gasteiger partial charge in [-0.3, -0.25) is 9.48 Å². The molecule has 0 aliphatic heterocycles. The minimum absolute atomic E-state index is 0.488. The van der Waals surface area contributed by atoms with Crippen LogP contribution in [0.2, 0.25) is 0 Å². The molecule has 2 rings (SSSR count). The molecule has 0 atom stereocenters. The van der Waals surface area contributed by atoms with Crippen molar-refractivity contribution < 1.29 is 9.90 Å². The molecule has 0 spiro atoms. The predicted octanol–water partition coefficient (Wildman–Crippen LogP) is 2.65. The van der Waals surface area contributed by atoms with Gasteiger partial charge in [0.15, 0.2) is 0 Å². The molecular weight excluding hydrogens is 216 g/mol. The van der Waals surface area contributed by atoms with Crippen molar-refractivity contribution in [3.05, 3.63) is 18.0 Å². The number of rotatable bonds is 4. The zero-order valence-electron chi connectivity index (χ0n) is 10.5. The molecule has 4 heteroatoms. The SMILES string of the molecule is CC(C)(Cc1ccn(C2CCCC2)n1)C(=O)O. The van der Waals surface area contributed by atoms with E-state index >= 15 is 0 Å². The highest BCUT2D eigenvalue weighted by Crippen LogP contribution is 2.29. The molecule has 0 saturated heterocycles. The maximum atomic E-state index is 11.1. The Labute approximate surface area is 102 Å². The van der Waals surface area contributed by atoms with E-state index in [2.05, 4.69) is 5.10 Å². The summed E-state index contributed by atoms with van der Waals surface area (Å²) in [5, 5.41) is 13.6. The summed E-state index contributed by atoms with van der Waals surface area (Å²) in [7, 11) is 0. The predicted molar refractivity (Wildman–Crippen MR) is 64.9 cm³/mol. The van der Waals surface area contributed by atoms with Crippen molar-refractivity contribution in [3.8, 4) is 0 Å². The lowest BCUT2D eigenvalue weighted by Gasteiger charge is -2.17. The van der Waals surface area contributed by atoms with Gasteiger partial charge in [-0.1, -0.05) is 12.8 Å². The van der Waals surface area contributed by atoms with Gasteiger partial charge in [0.05, 0.1) is 17.2 Å². The molecule has 1 aliphatic carbocycles. The first-order chi connectivity index (χ1) is 7.99. The highest BCUT2D eigenvalue weighted by atomic mass is 16.4. The first-order valence-electron chi connectivity index (χ1n) is 6.26.